The van der Waals surface area contributed by atoms with E-state index in [1.165, 1.54) is 0 Å². The summed E-state index contributed by atoms with van der Waals surface area (Å²) in [7, 11) is 0. The van der Waals surface area contributed by atoms with E-state index in [0.29, 0.717) is 18.7 Å². The number of carbonyl (C=O) groups excluding carboxylic acids is 1. The maximum absolute atomic E-state index is 12.6. The van der Waals surface area contributed by atoms with Crippen LogP contribution in [0.2, 0.25) is 0 Å². The maximum atomic E-state index is 12.6. The van der Waals surface area contributed by atoms with Crippen LogP contribution >= 0.6 is 0 Å². The van der Waals surface area contributed by atoms with Gasteiger partial charge in [0.05, 0.1) is 17.8 Å². The van der Waals surface area contributed by atoms with Crippen molar-refractivity contribution in [2.75, 3.05) is 13.2 Å². The fourth-order valence-electron chi connectivity index (χ4n) is 3.13. The lowest BCUT2D eigenvalue weighted by atomic mass is 10.2. The molecule has 1 aromatic carbocycles. The van der Waals surface area contributed by atoms with Crippen LogP contribution in [0.25, 0.3) is 21.8 Å². The van der Waals surface area contributed by atoms with Crippen molar-refractivity contribution >= 4 is 27.7 Å². The average molecular weight is 356 g/mol. The smallest absolute Gasteiger partial charge is 0.288 e. The summed E-state index contributed by atoms with van der Waals surface area (Å²) in [4.78, 5) is 25.0. The second-order valence-corrected chi connectivity index (χ2v) is 6.59. The van der Waals surface area contributed by atoms with Crippen LogP contribution in [0.5, 0.6) is 0 Å². The van der Waals surface area contributed by atoms with Crippen LogP contribution in [-0.4, -0.2) is 39.9 Å². The zero-order valence-corrected chi connectivity index (χ0v) is 15.3. The molecular formula is C19H24N4O3. The standard InChI is InChI=1S/C19H24N4O3/c1-12(2)26-10-6-9-20-18(24)13(3)23-16-8-5-4-7-14(16)15-11-21-22-19(25)17(15)23/h4-5,7-8,11-13H,6,9-10H2,1-3H3,(H,20,24)(H,22,25). The van der Waals surface area contributed by atoms with E-state index in [2.05, 4.69) is 15.5 Å². The zero-order valence-electron chi connectivity index (χ0n) is 15.3. The summed E-state index contributed by atoms with van der Waals surface area (Å²) in [6, 6.07) is 7.13. The molecule has 0 aliphatic rings. The van der Waals surface area contributed by atoms with Crippen LogP contribution in [0, 0.1) is 0 Å². The first kappa shape index (κ1) is 18.1. The summed E-state index contributed by atoms with van der Waals surface area (Å²) >= 11 is 0. The van der Waals surface area contributed by atoms with Crippen molar-refractivity contribution in [3.05, 3.63) is 40.8 Å². The lowest BCUT2D eigenvalue weighted by Crippen LogP contribution is -2.33. The fourth-order valence-corrected chi connectivity index (χ4v) is 3.13. The topological polar surface area (TPSA) is 89.0 Å². The van der Waals surface area contributed by atoms with Crippen LogP contribution in [0.15, 0.2) is 35.3 Å². The molecule has 7 heteroatoms. The second kappa shape index (κ2) is 7.70. The van der Waals surface area contributed by atoms with E-state index >= 15 is 0 Å². The van der Waals surface area contributed by atoms with Gasteiger partial charge in [-0.05, 0) is 33.3 Å². The summed E-state index contributed by atoms with van der Waals surface area (Å²) < 4.78 is 7.26. The Morgan fingerprint density at radius 2 is 2.04 bits per heavy atom. The first-order valence-electron chi connectivity index (χ1n) is 8.86. The predicted molar refractivity (Wildman–Crippen MR) is 101 cm³/mol. The minimum atomic E-state index is -0.521. The number of nitrogens with zero attached hydrogens (tertiary/aromatic N) is 2. The molecule has 138 valence electrons. The van der Waals surface area contributed by atoms with Crippen LogP contribution in [0.4, 0.5) is 0 Å². The number of amides is 1. The molecule has 0 bridgehead atoms. The molecule has 0 spiro atoms. The van der Waals surface area contributed by atoms with Crippen LogP contribution in [0.3, 0.4) is 0 Å². The third-order valence-corrected chi connectivity index (χ3v) is 4.36. The number of fused-ring (bicyclic) bond motifs is 3. The Morgan fingerprint density at radius 1 is 1.27 bits per heavy atom. The number of ether oxygens (including phenoxy) is 1. The quantitative estimate of drug-likeness (QED) is 0.636. The molecule has 0 saturated heterocycles. The molecule has 0 aliphatic heterocycles. The Labute approximate surface area is 151 Å². The number of hydrogen-bond donors (Lipinski definition) is 2. The Bertz CT molecular complexity index is 974. The Kier molecular flexibility index (Phi) is 5.37. The van der Waals surface area contributed by atoms with Crippen molar-refractivity contribution in [2.45, 2.75) is 39.3 Å². The van der Waals surface area contributed by atoms with E-state index in [0.717, 1.165) is 22.7 Å². The van der Waals surface area contributed by atoms with Gasteiger partial charge in [-0.15, -0.1) is 0 Å². The van der Waals surface area contributed by atoms with Crippen molar-refractivity contribution < 1.29 is 9.53 Å². The third kappa shape index (κ3) is 3.48. The number of benzene rings is 1. The summed E-state index contributed by atoms with van der Waals surface area (Å²) in [5, 5.41) is 10.9. The van der Waals surface area contributed by atoms with Gasteiger partial charge in [-0.1, -0.05) is 18.2 Å². The Morgan fingerprint density at radius 3 is 2.81 bits per heavy atom. The first-order valence-corrected chi connectivity index (χ1v) is 8.86. The molecule has 0 saturated carbocycles. The highest BCUT2D eigenvalue weighted by molar-refractivity contribution is 6.08. The largest absolute Gasteiger partial charge is 0.379 e. The van der Waals surface area contributed by atoms with Gasteiger partial charge in [-0.25, -0.2) is 5.10 Å². The van der Waals surface area contributed by atoms with Crippen molar-refractivity contribution in [3.8, 4) is 0 Å². The number of para-hydroxylation sites is 1. The number of aromatic nitrogens is 3. The van der Waals surface area contributed by atoms with Crippen molar-refractivity contribution in [1.82, 2.24) is 20.1 Å². The number of hydrogen-bond acceptors (Lipinski definition) is 4. The first-order chi connectivity index (χ1) is 12.5. The highest BCUT2D eigenvalue weighted by Crippen LogP contribution is 2.29. The van der Waals surface area contributed by atoms with Crippen LogP contribution < -0.4 is 10.9 Å². The molecule has 1 amide bonds. The molecular weight excluding hydrogens is 332 g/mol. The summed E-state index contributed by atoms with van der Waals surface area (Å²) in [5.41, 5.74) is 1.00. The van der Waals surface area contributed by atoms with Gasteiger partial charge in [0.2, 0.25) is 5.91 Å². The normalized spacial score (nSPS) is 12.8. The van der Waals surface area contributed by atoms with E-state index < -0.39 is 6.04 Å². The third-order valence-electron chi connectivity index (χ3n) is 4.36. The number of H-pyrrole nitrogens is 1. The summed E-state index contributed by atoms with van der Waals surface area (Å²) in [6.07, 6.45) is 2.56. The van der Waals surface area contributed by atoms with Gasteiger partial charge in [0, 0.05) is 23.9 Å². The van der Waals surface area contributed by atoms with E-state index in [1.54, 1.807) is 17.7 Å². The fraction of sp³-hybridized carbons (Fsp3) is 0.421. The van der Waals surface area contributed by atoms with E-state index in [-0.39, 0.29) is 17.6 Å². The maximum Gasteiger partial charge on any atom is 0.288 e. The SMILES string of the molecule is CC(C)OCCCNC(=O)C(C)n1c2ccccc2c2cn[nH]c(=O)c21. The van der Waals surface area contributed by atoms with Gasteiger partial charge < -0.3 is 14.6 Å². The second-order valence-electron chi connectivity index (χ2n) is 6.59. The number of aromatic amines is 1. The zero-order chi connectivity index (χ0) is 18.7. The molecule has 1 unspecified atom stereocenters. The van der Waals surface area contributed by atoms with E-state index in [4.69, 9.17) is 4.74 Å². The summed E-state index contributed by atoms with van der Waals surface area (Å²) in [6.45, 7) is 6.90. The predicted octanol–water partition coefficient (Wildman–Crippen LogP) is 2.37. The minimum absolute atomic E-state index is 0.131. The van der Waals surface area contributed by atoms with Crippen LogP contribution in [-0.2, 0) is 9.53 Å². The molecule has 2 N–H and O–H groups in total. The lowest BCUT2D eigenvalue weighted by molar-refractivity contribution is -0.123. The van der Waals surface area contributed by atoms with Gasteiger partial charge in [0.25, 0.3) is 5.56 Å². The molecule has 0 fully saturated rings. The highest BCUT2D eigenvalue weighted by atomic mass is 16.5. The van der Waals surface area contributed by atoms with Gasteiger partial charge in [-0.3, -0.25) is 9.59 Å². The molecule has 0 aliphatic carbocycles. The number of rotatable bonds is 7. The molecule has 3 aromatic rings. The molecule has 2 aromatic heterocycles. The molecule has 0 radical (unpaired) electrons. The van der Waals surface area contributed by atoms with E-state index in [9.17, 15) is 9.59 Å². The van der Waals surface area contributed by atoms with Crippen molar-refractivity contribution in [1.29, 1.82) is 0 Å². The van der Waals surface area contributed by atoms with Crippen molar-refractivity contribution in [3.63, 3.8) is 0 Å². The average Bonchev–Trinajstić information content (AvgIpc) is 2.96. The number of nitrogens with one attached hydrogen (secondary N) is 2. The Balaban J connectivity index is 1.86. The number of carbonyl (C=O) groups is 1. The minimum Gasteiger partial charge on any atom is -0.379 e. The molecule has 26 heavy (non-hydrogen) atoms. The van der Waals surface area contributed by atoms with E-state index in [1.807, 2.05) is 38.1 Å². The lowest BCUT2D eigenvalue weighted by Gasteiger charge is -2.16. The van der Waals surface area contributed by atoms with Gasteiger partial charge in [0.15, 0.2) is 0 Å². The van der Waals surface area contributed by atoms with Gasteiger partial charge >= 0.3 is 0 Å². The molecule has 7 nitrogen and oxygen atoms in total. The molecule has 1 atom stereocenters. The van der Waals surface area contributed by atoms with Crippen LogP contribution in [0.1, 0.15) is 33.2 Å². The van der Waals surface area contributed by atoms with Crippen molar-refractivity contribution in [2.24, 2.45) is 0 Å². The highest BCUT2D eigenvalue weighted by Gasteiger charge is 2.22. The molecule has 3 rings (SSSR count). The summed E-state index contributed by atoms with van der Waals surface area (Å²) in [5.74, 6) is -0.131. The van der Waals surface area contributed by atoms with Gasteiger partial charge in [-0.2, -0.15) is 5.10 Å². The monoisotopic (exact) mass is 356 g/mol. The van der Waals surface area contributed by atoms with Gasteiger partial charge in [0.1, 0.15) is 11.6 Å². The molecule has 2 heterocycles. The Hall–Kier alpha value is -2.67.